The molecule has 132 valence electrons. The lowest BCUT2D eigenvalue weighted by atomic mass is 10.0. The first-order valence-electron chi connectivity index (χ1n) is 8.33. The van der Waals surface area contributed by atoms with Gasteiger partial charge in [-0.3, -0.25) is 9.59 Å². The quantitative estimate of drug-likeness (QED) is 0.746. The summed E-state index contributed by atoms with van der Waals surface area (Å²) in [6, 6.07) is 4.92. The van der Waals surface area contributed by atoms with Crippen LogP contribution in [0.4, 0.5) is 5.69 Å². The minimum Gasteiger partial charge on any atom is -0.495 e. The molecule has 0 unspecified atom stereocenters. The number of ether oxygens (including phenoxy) is 2. The van der Waals surface area contributed by atoms with Crippen LogP contribution in [0.25, 0.3) is 0 Å². The van der Waals surface area contributed by atoms with Crippen LogP contribution in [0.2, 0.25) is 5.02 Å². The minimum atomic E-state index is -0.871. The van der Waals surface area contributed by atoms with Crippen molar-refractivity contribution in [1.29, 1.82) is 0 Å². The summed E-state index contributed by atoms with van der Waals surface area (Å²) in [5.41, 5.74) is 0.448. The van der Waals surface area contributed by atoms with E-state index in [1.807, 2.05) is 0 Å². The molecule has 1 aromatic carbocycles. The van der Waals surface area contributed by atoms with Crippen LogP contribution in [0.5, 0.6) is 5.75 Å². The number of hydrogen-bond donors (Lipinski definition) is 1. The molecule has 1 fully saturated rings. The highest BCUT2D eigenvalue weighted by atomic mass is 35.5. The molecule has 24 heavy (non-hydrogen) atoms. The Bertz CT molecular complexity index is 584. The largest absolute Gasteiger partial charge is 0.495 e. The minimum absolute atomic E-state index is 0.331. The number of methoxy groups -OCH3 is 1. The highest BCUT2D eigenvalue weighted by molar-refractivity contribution is 6.31. The first kappa shape index (κ1) is 18.6. The molecule has 6 heteroatoms. The average Bonchev–Trinajstić information content (AvgIpc) is 3.06. The summed E-state index contributed by atoms with van der Waals surface area (Å²) in [6.45, 7) is 1.56. The van der Waals surface area contributed by atoms with E-state index in [1.54, 1.807) is 25.1 Å². The third-order valence-corrected chi connectivity index (χ3v) is 4.56. The summed E-state index contributed by atoms with van der Waals surface area (Å²) in [5.74, 6) is 0.373. The molecular weight excluding hydrogens is 330 g/mol. The van der Waals surface area contributed by atoms with Gasteiger partial charge in [-0.25, -0.2) is 0 Å². The average molecular weight is 354 g/mol. The summed E-state index contributed by atoms with van der Waals surface area (Å²) in [7, 11) is 1.51. The maximum absolute atomic E-state index is 12.2. The van der Waals surface area contributed by atoms with Crippen molar-refractivity contribution in [3.8, 4) is 5.75 Å². The predicted octanol–water partition coefficient (Wildman–Crippen LogP) is 4.19. The maximum Gasteiger partial charge on any atom is 0.306 e. The number of halogens is 1. The van der Waals surface area contributed by atoms with E-state index in [0.717, 1.165) is 6.42 Å². The van der Waals surface area contributed by atoms with Gasteiger partial charge in [-0.05, 0) is 37.5 Å². The standard InChI is InChI=1S/C18H24ClNO4/c1-12(24-17(21)10-7-13-5-3-4-6-13)18(22)20-15-11-14(19)8-9-16(15)23-2/h8-9,11-13H,3-7,10H2,1-2H3,(H,20,22)/t12-/m0/s1. The van der Waals surface area contributed by atoms with Gasteiger partial charge in [0.2, 0.25) is 0 Å². The lowest BCUT2D eigenvalue weighted by Crippen LogP contribution is -2.30. The molecule has 0 heterocycles. The monoisotopic (exact) mass is 353 g/mol. The Morgan fingerprint density at radius 1 is 1.33 bits per heavy atom. The molecule has 2 rings (SSSR count). The van der Waals surface area contributed by atoms with Crippen molar-refractivity contribution in [3.05, 3.63) is 23.2 Å². The zero-order valence-corrected chi connectivity index (χ0v) is 14.9. The van der Waals surface area contributed by atoms with Gasteiger partial charge in [-0.1, -0.05) is 37.3 Å². The number of anilines is 1. The van der Waals surface area contributed by atoms with E-state index in [4.69, 9.17) is 21.1 Å². The van der Waals surface area contributed by atoms with Crippen LogP contribution >= 0.6 is 11.6 Å². The number of amides is 1. The molecule has 0 radical (unpaired) electrons. The van der Waals surface area contributed by atoms with Gasteiger partial charge in [0.25, 0.3) is 5.91 Å². The fourth-order valence-electron chi connectivity index (χ4n) is 2.94. The molecule has 0 aromatic heterocycles. The molecule has 1 N–H and O–H groups in total. The van der Waals surface area contributed by atoms with Crippen molar-refractivity contribution in [3.63, 3.8) is 0 Å². The Morgan fingerprint density at radius 2 is 2.04 bits per heavy atom. The lowest BCUT2D eigenvalue weighted by molar-refractivity contribution is -0.153. The van der Waals surface area contributed by atoms with Crippen LogP contribution in [0.1, 0.15) is 45.4 Å². The fraction of sp³-hybridized carbons (Fsp3) is 0.556. The molecule has 0 bridgehead atoms. The van der Waals surface area contributed by atoms with Gasteiger partial charge in [0.15, 0.2) is 6.10 Å². The number of benzene rings is 1. The predicted molar refractivity (Wildman–Crippen MR) is 93.4 cm³/mol. The van der Waals surface area contributed by atoms with Crippen LogP contribution in [0, 0.1) is 5.92 Å². The molecule has 1 saturated carbocycles. The van der Waals surface area contributed by atoms with Crippen LogP contribution in [-0.4, -0.2) is 25.1 Å². The normalized spacial score (nSPS) is 15.8. The Hall–Kier alpha value is -1.75. The molecule has 1 aliphatic rings. The Balaban J connectivity index is 1.83. The van der Waals surface area contributed by atoms with E-state index in [-0.39, 0.29) is 5.97 Å². The van der Waals surface area contributed by atoms with E-state index in [0.29, 0.717) is 28.8 Å². The number of carbonyl (C=O) groups is 2. The Labute approximate surface area is 147 Å². The van der Waals surface area contributed by atoms with Gasteiger partial charge in [0, 0.05) is 11.4 Å². The van der Waals surface area contributed by atoms with Crippen molar-refractivity contribution in [2.24, 2.45) is 5.92 Å². The topological polar surface area (TPSA) is 64.6 Å². The fourth-order valence-corrected chi connectivity index (χ4v) is 3.11. The number of hydrogen-bond acceptors (Lipinski definition) is 4. The Kier molecular flexibility index (Phi) is 6.91. The zero-order chi connectivity index (χ0) is 17.5. The number of carbonyl (C=O) groups excluding carboxylic acids is 2. The Morgan fingerprint density at radius 3 is 2.71 bits per heavy atom. The highest BCUT2D eigenvalue weighted by Crippen LogP contribution is 2.29. The van der Waals surface area contributed by atoms with E-state index >= 15 is 0 Å². The van der Waals surface area contributed by atoms with Crippen LogP contribution < -0.4 is 10.1 Å². The van der Waals surface area contributed by atoms with Gasteiger partial charge >= 0.3 is 5.97 Å². The zero-order valence-electron chi connectivity index (χ0n) is 14.1. The van der Waals surface area contributed by atoms with Gasteiger partial charge < -0.3 is 14.8 Å². The lowest BCUT2D eigenvalue weighted by Gasteiger charge is -2.16. The van der Waals surface area contributed by atoms with E-state index in [2.05, 4.69) is 5.32 Å². The summed E-state index contributed by atoms with van der Waals surface area (Å²) in [5, 5.41) is 3.16. The van der Waals surface area contributed by atoms with Gasteiger partial charge in [-0.2, -0.15) is 0 Å². The number of nitrogens with one attached hydrogen (secondary N) is 1. The first-order chi connectivity index (χ1) is 11.5. The summed E-state index contributed by atoms with van der Waals surface area (Å²) in [4.78, 5) is 24.1. The van der Waals surface area contributed by atoms with Gasteiger partial charge in [0.05, 0.1) is 12.8 Å². The molecule has 1 amide bonds. The molecule has 1 aromatic rings. The molecule has 0 saturated heterocycles. The molecule has 1 atom stereocenters. The van der Waals surface area contributed by atoms with Crippen molar-refractivity contribution in [2.45, 2.75) is 51.6 Å². The van der Waals surface area contributed by atoms with Crippen molar-refractivity contribution < 1.29 is 19.1 Å². The third-order valence-electron chi connectivity index (χ3n) is 4.33. The van der Waals surface area contributed by atoms with Crippen LogP contribution in [0.3, 0.4) is 0 Å². The van der Waals surface area contributed by atoms with Crippen molar-refractivity contribution in [1.82, 2.24) is 0 Å². The van der Waals surface area contributed by atoms with Crippen LogP contribution in [-0.2, 0) is 14.3 Å². The molecule has 0 spiro atoms. The van der Waals surface area contributed by atoms with Crippen molar-refractivity contribution >= 4 is 29.2 Å². The molecule has 0 aliphatic heterocycles. The molecule has 5 nitrogen and oxygen atoms in total. The first-order valence-corrected chi connectivity index (χ1v) is 8.71. The van der Waals surface area contributed by atoms with Gasteiger partial charge in [-0.15, -0.1) is 0 Å². The summed E-state index contributed by atoms with van der Waals surface area (Å²) >= 11 is 5.93. The molecular formula is C18H24ClNO4. The van der Waals surface area contributed by atoms with E-state index in [9.17, 15) is 9.59 Å². The second-order valence-electron chi connectivity index (χ2n) is 6.16. The smallest absolute Gasteiger partial charge is 0.306 e. The second-order valence-corrected chi connectivity index (χ2v) is 6.59. The number of esters is 1. The summed E-state index contributed by atoms with van der Waals surface area (Å²) < 4.78 is 10.4. The highest BCUT2D eigenvalue weighted by Gasteiger charge is 2.21. The molecule has 1 aliphatic carbocycles. The van der Waals surface area contributed by atoms with Gasteiger partial charge in [0.1, 0.15) is 5.75 Å². The maximum atomic E-state index is 12.2. The number of rotatable bonds is 7. The van der Waals surface area contributed by atoms with Crippen LogP contribution in [0.15, 0.2) is 18.2 Å². The SMILES string of the molecule is COc1ccc(Cl)cc1NC(=O)[C@H](C)OC(=O)CCC1CCCC1. The second kappa shape index (κ2) is 8.92. The van der Waals surface area contributed by atoms with E-state index < -0.39 is 12.0 Å². The van der Waals surface area contributed by atoms with Crippen molar-refractivity contribution in [2.75, 3.05) is 12.4 Å². The summed E-state index contributed by atoms with van der Waals surface area (Å²) in [6.07, 6.45) is 5.22. The van der Waals surface area contributed by atoms with E-state index in [1.165, 1.54) is 32.8 Å². The third kappa shape index (κ3) is 5.41.